The lowest BCUT2D eigenvalue weighted by molar-refractivity contribution is -0.385. The minimum absolute atomic E-state index is 0.194. The SMILES string of the molecule is COc1cc(C(=O)Nc2cc(C(F)(F)F)ccc2Oc2ccccc2F)ccc1Oc1ccc(C(F)(F)F)cc1[N+](=O)[O-]. The molecule has 0 atom stereocenters. The standard InChI is InChI=1S/C28H17F7N2O6/c1-41-25-12-15(6-9-24(25)43-23-11-8-17(28(33,34)35)14-20(23)37(39)40)26(38)36-19-13-16(27(30,31)32)7-10-22(19)42-21-5-3-2-4-18(21)29/h2-14H,1H3,(H,36,38). The van der Waals surface area contributed by atoms with Crippen LogP contribution in [-0.4, -0.2) is 17.9 Å². The molecule has 0 aliphatic carbocycles. The number of hydrogen-bond acceptors (Lipinski definition) is 6. The zero-order valence-electron chi connectivity index (χ0n) is 21.5. The summed E-state index contributed by atoms with van der Waals surface area (Å²) in [5.74, 6) is -3.41. The van der Waals surface area contributed by atoms with Crippen molar-refractivity contribution in [3.8, 4) is 28.7 Å². The molecule has 1 N–H and O–H groups in total. The van der Waals surface area contributed by atoms with Crippen LogP contribution in [0.5, 0.6) is 28.7 Å². The Morgan fingerprint density at radius 2 is 1.33 bits per heavy atom. The van der Waals surface area contributed by atoms with E-state index in [4.69, 9.17) is 14.2 Å². The molecule has 0 heterocycles. The number of carbonyl (C=O) groups is 1. The van der Waals surface area contributed by atoms with Gasteiger partial charge in [-0.15, -0.1) is 0 Å². The number of hydrogen-bond donors (Lipinski definition) is 1. The molecule has 0 aromatic heterocycles. The monoisotopic (exact) mass is 610 g/mol. The molecule has 0 spiro atoms. The van der Waals surface area contributed by atoms with Crippen molar-refractivity contribution in [2.45, 2.75) is 12.4 Å². The zero-order chi connectivity index (χ0) is 31.5. The minimum atomic E-state index is -4.85. The van der Waals surface area contributed by atoms with Gasteiger partial charge in [-0.1, -0.05) is 12.1 Å². The highest BCUT2D eigenvalue weighted by Crippen LogP contribution is 2.41. The van der Waals surface area contributed by atoms with Crippen LogP contribution in [0.25, 0.3) is 0 Å². The van der Waals surface area contributed by atoms with Gasteiger partial charge in [0.25, 0.3) is 5.91 Å². The summed E-state index contributed by atoms with van der Waals surface area (Å²) in [6.45, 7) is 0. The number of anilines is 1. The number of alkyl halides is 6. The van der Waals surface area contributed by atoms with Gasteiger partial charge in [-0.3, -0.25) is 14.9 Å². The summed E-state index contributed by atoms with van der Waals surface area (Å²) in [6, 6.07) is 12.2. The number of carbonyl (C=O) groups excluding carboxylic acids is 1. The Hall–Kier alpha value is -5.34. The molecule has 0 unspecified atom stereocenters. The number of benzene rings is 4. The number of nitro groups is 1. The van der Waals surface area contributed by atoms with Crippen molar-refractivity contribution in [2.75, 3.05) is 12.4 Å². The van der Waals surface area contributed by atoms with Crippen molar-refractivity contribution < 1.29 is 54.7 Å². The van der Waals surface area contributed by atoms with E-state index in [2.05, 4.69) is 5.32 Å². The summed E-state index contributed by atoms with van der Waals surface area (Å²) in [5, 5.41) is 13.6. The van der Waals surface area contributed by atoms with E-state index in [9.17, 15) is 45.6 Å². The molecule has 4 aromatic rings. The van der Waals surface area contributed by atoms with E-state index in [1.807, 2.05) is 0 Å². The molecule has 0 radical (unpaired) electrons. The quantitative estimate of drug-likeness (QED) is 0.122. The Labute approximate surface area is 237 Å². The molecule has 0 saturated heterocycles. The first-order valence-electron chi connectivity index (χ1n) is 11.8. The van der Waals surface area contributed by atoms with Gasteiger partial charge in [0.05, 0.1) is 28.8 Å². The predicted molar refractivity (Wildman–Crippen MR) is 137 cm³/mol. The van der Waals surface area contributed by atoms with Crippen LogP contribution in [0.2, 0.25) is 0 Å². The number of rotatable bonds is 8. The second kappa shape index (κ2) is 11.9. The van der Waals surface area contributed by atoms with Crippen LogP contribution in [0.1, 0.15) is 21.5 Å². The van der Waals surface area contributed by atoms with Crippen LogP contribution < -0.4 is 19.5 Å². The van der Waals surface area contributed by atoms with E-state index in [-0.39, 0.29) is 28.6 Å². The lowest BCUT2D eigenvalue weighted by Gasteiger charge is -2.16. The van der Waals surface area contributed by atoms with Crippen LogP contribution in [-0.2, 0) is 12.4 Å². The fourth-order valence-electron chi connectivity index (χ4n) is 3.67. The largest absolute Gasteiger partial charge is 0.493 e. The van der Waals surface area contributed by atoms with Crippen LogP contribution in [0.3, 0.4) is 0 Å². The van der Waals surface area contributed by atoms with Gasteiger partial charge in [0.15, 0.2) is 28.8 Å². The van der Waals surface area contributed by atoms with Gasteiger partial charge in [-0.2, -0.15) is 26.3 Å². The normalized spacial score (nSPS) is 11.5. The van der Waals surface area contributed by atoms with Crippen molar-refractivity contribution >= 4 is 17.3 Å². The minimum Gasteiger partial charge on any atom is -0.493 e. The van der Waals surface area contributed by atoms with Crippen LogP contribution >= 0.6 is 0 Å². The van der Waals surface area contributed by atoms with Gasteiger partial charge in [0, 0.05) is 11.6 Å². The maximum absolute atomic E-state index is 14.1. The first kappa shape index (κ1) is 30.6. The number of nitrogens with one attached hydrogen (secondary N) is 1. The highest BCUT2D eigenvalue weighted by atomic mass is 19.4. The number of para-hydroxylation sites is 1. The highest BCUT2D eigenvalue weighted by molar-refractivity contribution is 6.05. The summed E-state index contributed by atoms with van der Waals surface area (Å²) in [7, 11) is 1.14. The molecule has 4 rings (SSSR count). The van der Waals surface area contributed by atoms with Gasteiger partial charge >= 0.3 is 18.0 Å². The van der Waals surface area contributed by atoms with Crippen molar-refractivity contribution in [3.05, 3.63) is 111 Å². The average molecular weight is 610 g/mol. The van der Waals surface area contributed by atoms with E-state index >= 15 is 0 Å². The number of nitro benzene ring substituents is 1. The second-order valence-corrected chi connectivity index (χ2v) is 8.60. The molecule has 224 valence electrons. The fourth-order valence-corrected chi connectivity index (χ4v) is 3.67. The van der Waals surface area contributed by atoms with Crippen LogP contribution in [0, 0.1) is 15.9 Å². The van der Waals surface area contributed by atoms with E-state index in [1.54, 1.807) is 0 Å². The molecule has 15 heteroatoms. The lowest BCUT2D eigenvalue weighted by Crippen LogP contribution is -2.14. The molecule has 0 aliphatic rings. The first-order chi connectivity index (χ1) is 20.2. The topological polar surface area (TPSA) is 99.9 Å². The van der Waals surface area contributed by atoms with Crippen molar-refractivity contribution in [1.82, 2.24) is 0 Å². The molecule has 0 aliphatic heterocycles. The number of ether oxygens (including phenoxy) is 3. The number of amides is 1. The van der Waals surface area contributed by atoms with E-state index in [0.29, 0.717) is 24.3 Å². The average Bonchev–Trinajstić information content (AvgIpc) is 2.94. The Kier molecular flexibility index (Phi) is 8.45. The molecule has 8 nitrogen and oxygen atoms in total. The van der Waals surface area contributed by atoms with E-state index in [0.717, 1.165) is 43.5 Å². The van der Waals surface area contributed by atoms with Gasteiger partial charge in [0.1, 0.15) is 0 Å². The maximum Gasteiger partial charge on any atom is 0.416 e. The van der Waals surface area contributed by atoms with Gasteiger partial charge in [-0.05, 0) is 60.7 Å². The lowest BCUT2D eigenvalue weighted by atomic mass is 10.1. The molecule has 0 saturated carbocycles. The second-order valence-electron chi connectivity index (χ2n) is 8.60. The Balaban J connectivity index is 1.64. The van der Waals surface area contributed by atoms with Crippen molar-refractivity contribution in [2.24, 2.45) is 0 Å². The number of halogens is 7. The number of methoxy groups -OCH3 is 1. The van der Waals surface area contributed by atoms with Crippen molar-refractivity contribution in [3.63, 3.8) is 0 Å². The smallest absolute Gasteiger partial charge is 0.416 e. The molecule has 0 bridgehead atoms. The molecular formula is C28H17F7N2O6. The van der Waals surface area contributed by atoms with E-state index in [1.165, 1.54) is 18.2 Å². The summed E-state index contributed by atoms with van der Waals surface area (Å²) < 4.78 is 109. The summed E-state index contributed by atoms with van der Waals surface area (Å²) in [6.07, 6.45) is -9.64. The molecular weight excluding hydrogens is 593 g/mol. The zero-order valence-corrected chi connectivity index (χ0v) is 21.5. The summed E-state index contributed by atoms with van der Waals surface area (Å²) in [4.78, 5) is 23.4. The molecule has 1 amide bonds. The third-order valence-electron chi connectivity index (χ3n) is 5.74. The summed E-state index contributed by atoms with van der Waals surface area (Å²) in [5.41, 5.74) is -4.06. The highest BCUT2D eigenvalue weighted by Gasteiger charge is 2.34. The fraction of sp³-hybridized carbons (Fsp3) is 0.107. The van der Waals surface area contributed by atoms with Crippen LogP contribution in [0.15, 0.2) is 78.9 Å². The third-order valence-corrected chi connectivity index (χ3v) is 5.74. The summed E-state index contributed by atoms with van der Waals surface area (Å²) >= 11 is 0. The number of nitrogens with zero attached hydrogens (tertiary/aromatic N) is 1. The van der Waals surface area contributed by atoms with Gasteiger partial charge in [0.2, 0.25) is 5.75 Å². The van der Waals surface area contributed by atoms with Crippen molar-refractivity contribution in [1.29, 1.82) is 0 Å². The third kappa shape index (κ3) is 7.12. The Morgan fingerprint density at radius 1 is 0.744 bits per heavy atom. The molecule has 4 aromatic carbocycles. The van der Waals surface area contributed by atoms with E-state index < -0.39 is 57.3 Å². The maximum atomic E-state index is 14.1. The molecule has 43 heavy (non-hydrogen) atoms. The Morgan fingerprint density at radius 3 is 1.93 bits per heavy atom. The van der Waals surface area contributed by atoms with Crippen LogP contribution in [0.4, 0.5) is 42.1 Å². The van der Waals surface area contributed by atoms with Gasteiger partial charge < -0.3 is 19.5 Å². The molecule has 0 fully saturated rings. The predicted octanol–water partition coefficient (Wildman–Crippen LogP) is 8.62. The van der Waals surface area contributed by atoms with Gasteiger partial charge in [-0.25, -0.2) is 4.39 Å². The Bertz CT molecular complexity index is 1690. The first-order valence-corrected chi connectivity index (χ1v) is 11.8.